The van der Waals surface area contributed by atoms with Crippen LogP contribution in [0.1, 0.15) is 0 Å². The van der Waals surface area contributed by atoms with Crippen LogP contribution < -0.4 is 10.0 Å². The lowest BCUT2D eigenvalue weighted by atomic mass is 10.1. The third kappa shape index (κ3) is 3.53. The summed E-state index contributed by atoms with van der Waals surface area (Å²) in [6, 6.07) is 7.17. The average molecular weight is 380 g/mol. The van der Waals surface area contributed by atoms with E-state index < -0.39 is 21.7 Å². The maximum absolute atomic E-state index is 13.4. The molecule has 0 aliphatic carbocycles. The highest BCUT2D eigenvalue weighted by Crippen LogP contribution is 2.31. The summed E-state index contributed by atoms with van der Waals surface area (Å²) in [4.78, 5) is -0.00558. The fourth-order valence-corrected chi connectivity index (χ4v) is 3.10. The van der Waals surface area contributed by atoms with Gasteiger partial charge in [0.2, 0.25) is 10.0 Å². The monoisotopic (exact) mass is 380 g/mol. The molecule has 1 aromatic heterocycles. The van der Waals surface area contributed by atoms with Gasteiger partial charge in [-0.05, 0) is 47.8 Å². The van der Waals surface area contributed by atoms with Crippen molar-refractivity contribution in [3.8, 4) is 11.4 Å². The van der Waals surface area contributed by atoms with E-state index >= 15 is 0 Å². The van der Waals surface area contributed by atoms with E-state index in [-0.39, 0.29) is 16.4 Å². The van der Waals surface area contributed by atoms with E-state index in [0.29, 0.717) is 11.3 Å². The Morgan fingerprint density at radius 1 is 1.08 bits per heavy atom. The number of rotatable bonds is 5. The Labute approximate surface area is 147 Å². The van der Waals surface area contributed by atoms with Gasteiger partial charge in [0.15, 0.2) is 5.82 Å². The topological polar surface area (TPSA) is 102 Å². The minimum atomic E-state index is -3.70. The Balaban J connectivity index is 2.14. The van der Waals surface area contributed by atoms with Crippen LogP contribution in [0.4, 0.5) is 20.2 Å². The van der Waals surface area contributed by atoms with E-state index in [1.165, 1.54) is 29.9 Å². The lowest BCUT2D eigenvalue weighted by Gasteiger charge is -2.13. The maximum Gasteiger partial charge on any atom is 0.240 e. The van der Waals surface area contributed by atoms with Crippen molar-refractivity contribution in [1.29, 1.82) is 0 Å². The first-order valence-corrected chi connectivity index (χ1v) is 8.82. The van der Waals surface area contributed by atoms with Crippen LogP contribution in [0.15, 0.2) is 41.3 Å². The van der Waals surface area contributed by atoms with E-state index in [9.17, 15) is 17.2 Å². The number of anilines is 2. The lowest BCUT2D eigenvalue weighted by Crippen LogP contribution is -2.18. The number of tetrazole rings is 1. The second-order valence-corrected chi connectivity index (χ2v) is 7.21. The molecule has 136 valence electrons. The number of hydrogen-bond donors (Lipinski definition) is 2. The molecular formula is C15H14F2N6O2S. The van der Waals surface area contributed by atoms with Gasteiger partial charge >= 0.3 is 0 Å². The van der Waals surface area contributed by atoms with Gasteiger partial charge in [0, 0.05) is 30.1 Å². The van der Waals surface area contributed by atoms with Crippen LogP contribution in [-0.4, -0.2) is 35.7 Å². The molecule has 0 amide bonds. The highest BCUT2D eigenvalue weighted by atomic mass is 32.2. The molecule has 0 bridgehead atoms. The summed E-state index contributed by atoms with van der Waals surface area (Å²) < 4.78 is 54.6. The van der Waals surface area contributed by atoms with Gasteiger partial charge in [0.25, 0.3) is 0 Å². The van der Waals surface area contributed by atoms with Gasteiger partial charge in [-0.1, -0.05) is 0 Å². The fourth-order valence-electron chi connectivity index (χ4n) is 2.34. The van der Waals surface area contributed by atoms with Crippen molar-refractivity contribution in [2.75, 3.05) is 12.4 Å². The third-order valence-electron chi connectivity index (χ3n) is 3.57. The van der Waals surface area contributed by atoms with Gasteiger partial charge < -0.3 is 5.32 Å². The molecule has 0 aliphatic rings. The molecule has 2 N–H and O–H groups in total. The first-order chi connectivity index (χ1) is 12.3. The van der Waals surface area contributed by atoms with Crippen LogP contribution in [0, 0.1) is 11.6 Å². The minimum absolute atomic E-state index is 0.00558. The Bertz CT molecular complexity index is 1050. The highest BCUT2D eigenvalue weighted by Gasteiger charge is 2.18. The number of aryl methyl sites for hydroxylation is 1. The van der Waals surface area contributed by atoms with Crippen molar-refractivity contribution in [3.05, 3.63) is 48.0 Å². The molecule has 0 saturated carbocycles. The van der Waals surface area contributed by atoms with Crippen LogP contribution in [0.25, 0.3) is 11.4 Å². The minimum Gasteiger partial charge on any atom is -0.355 e. The molecule has 0 radical (unpaired) electrons. The van der Waals surface area contributed by atoms with E-state index in [1.807, 2.05) is 0 Å². The molecule has 0 fully saturated rings. The van der Waals surface area contributed by atoms with Crippen LogP contribution in [0.5, 0.6) is 0 Å². The number of hydrogen-bond acceptors (Lipinski definition) is 6. The second-order valence-electron chi connectivity index (χ2n) is 5.32. The molecule has 8 nitrogen and oxygen atoms in total. The number of sulfonamides is 1. The number of halogens is 2. The van der Waals surface area contributed by atoms with Gasteiger partial charge in [-0.15, -0.1) is 5.10 Å². The van der Waals surface area contributed by atoms with E-state index in [0.717, 1.165) is 18.2 Å². The van der Waals surface area contributed by atoms with Crippen molar-refractivity contribution < 1.29 is 17.2 Å². The number of nitrogens with one attached hydrogen (secondary N) is 2. The SMILES string of the molecule is CNS(=O)(=O)c1ccc(Nc2cc(F)cc(F)c2)c(-c2nnnn2C)c1. The molecule has 0 spiro atoms. The zero-order valence-corrected chi connectivity index (χ0v) is 14.6. The van der Waals surface area contributed by atoms with Crippen LogP contribution in [-0.2, 0) is 17.1 Å². The molecule has 0 atom stereocenters. The summed E-state index contributed by atoms with van der Waals surface area (Å²) in [7, 11) is -0.828. The van der Waals surface area contributed by atoms with Gasteiger partial charge in [0.1, 0.15) is 11.6 Å². The summed E-state index contributed by atoms with van der Waals surface area (Å²) in [5, 5.41) is 14.0. The van der Waals surface area contributed by atoms with Crippen molar-refractivity contribution >= 4 is 21.4 Å². The van der Waals surface area contributed by atoms with E-state index in [4.69, 9.17) is 0 Å². The lowest BCUT2D eigenvalue weighted by molar-refractivity contribution is 0.584. The average Bonchev–Trinajstić information content (AvgIpc) is 3.00. The van der Waals surface area contributed by atoms with Gasteiger partial charge in [-0.2, -0.15) is 0 Å². The smallest absolute Gasteiger partial charge is 0.240 e. The normalized spacial score (nSPS) is 11.5. The van der Waals surface area contributed by atoms with Crippen molar-refractivity contribution in [1.82, 2.24) is 24.9 Å². The summed E-state index contributed by atoms with van der Waals surface area (Å²) >= 11 is 0. The molecular weight excluding hydrogens is 366 g/mol. The third-order valence-corrected chi connectivity index (χ3v) is 4.98. The Hall–Kier alpha value is -2.92. The summed E-state index contributed by atoms with van der Waals surface area (Å²) in [5.74, 6) is -1.22. The molecule has 0 aliphatic heterocycles. The van der Waals surface area contributed by atoms with Crippen LogP contribution in [0.3, 0.4) is 0 Å². The van der Waals surface area contributed by atoms with E-state index in [2.05, 4.69) is 25.6 Å². The molecule has 26 heavy (non-hydrogen) atoms. The van der Waals surface area contributed by atoms with Crippen LogP contribution in [0.2, 0.25) is 0 Å². The molecule has 0 unspecified atom stereocenters. The number of benzene rings is 2. The summed E-state index contributed by atoms with van der Waals surface area (Å²) in [6.45, 7) is 0. The zero-order chi connectivity index (χ0) is 18.9. The molecule has 1 heterocycles. The predicted molar refractivity (Wildman–Crippen MR) is 90.1 cm³/mol. The molecule has 0 saturated heterocycles. The van der Waals surface area contributed by atoms with Gasteiger partial charge in [-0.3, -0.25) is 0 Å². The number of nitrogens with zero attached hydrogens (tertiary/aromatic N) is 4. The van der Waals surface area contributed by atoms with Crippen molar-refractivity contribution in [3.63, 3.8) is 0 Å². The second kappa shape index (κ2) is 6.77. The largest absolute Gasteiger partial charge is 0.355 e. The van der Waals surface area contributed by atoms with Crippen molar-refractivity contribution in [2.24, 2.45) is 7.05 Å². The zero-order valence-electron chi connectivity index (χ0n) is 13.7. The van der Waals surface area contributed by atoms with Gasteiger partial charge in [-0.25, -0.2) is 26.6 Å². The standard InChI is InChI=1S/C15H14F2N6O2S/c1-18-26(24,25)12-3-4-14(13(8-12)15-20-21-22-23(15)2)19-11-6-9(16)5-10(17)7-11/h3-8,18-19H,1-2H3. The Morgan fingerprint density at radius 2 is 1.77 bits per heavy atom. The Kier molecular flexibility index (Phi) is 4.66. The summed E-state index contributed by atoms with van der Waals surface area (Å²) in [5.41, 5.74) is 0.879. The number of aromatic nitrogens is 4. The molecule has 2 aromatic carbocycles. The van der Waals surface area contributed by atoms with Crippen LogP contribution >= 0.6 is 0 Å². The predicted octanol–water partition coefficient (Wildman–Crippen LogP) is 1.81. The molecule has 3 aromatic rings. The van der Waals surface area contributed by atoms with E-state index in [1.54, 1.807) is 7.05 Å². The summed E-state index contributed by atoms with van der Waals surface area (Å²) in [6.07, 6.45) is 0. The quantitative estimate of drug-likeness (QED) is 0.700. The van der Waals surface area contributed by atoms with Gasteiger partial charge in [0.05, 0.1) is 4.90 Å². The van der Waals surface area contributed by atoms with Crippen molar-refractivity contribution in [2.45, 2.75) is 4.90 Å². The fraction of sp³-hybridized carbons (Fsp3) is 0.133. The Morgan fingerprint density at radius 3 is 2.35 bits per heavy atom. The maximum atomic E-state index is 13.4. The first-order valence-electron chi connectivity index (χ1n) is 7.33. The highest BCUT2D eigenvalue weighted by molar-refractivity contribution is 7.89. The first kappa shape index (κ1) is 17.9. The molecule has 3 rings (SSSR count). The molecule has 11 heteroatoms.